The summed E-state index contributed by atoms with van der Waals surface area (Å²) in [7, 11) is 1.92. The smallest absolute Gasteiger partial charge is 0.352 e. The Morgan fingerprint density at radius 3 is 2.54 bits per heavy atom. The highest BCUT2D eigenvalue weighted by atomic mass is 35.5. The van der Waals surface area contributed by atoms with Crippen molar-refractivity contribution in [1.82, 2.24) is 10.2 Å². The third kappa shape index (κ3) is 5.89. The Bertz CT molecular complexity index is 1230. The van der Waals surface area contributed by atoms with Crippen molar-refractivity contribution in [2.24, 2.45) is 7.05 Å². The van der Waals surface area contributed by atoms with Crippen LogP contribution in [0.2, 0.25) is 15.1 Å². The largest absolute Gasteiger partial charge is 0.477 e. The van der Waals surface area contributed by atoms with E-state index in [0.717, 1.165) is 4.90 Å². The van der Waals surface area contributed by atoms with Crippen LogP contribution in [0.25, 0.3) is 0 Å². The molecule has 2 atom stereocenters. The van der Waals surface area contributed by atoms with E-state index in [9.17, 15) is 19.5 Å². The molecule has 2 aromatic rings. The normalized spacial score (nSPS) is 19.3. The van der Waals surface area contributed by atoms with Gasteiger partial charge in [0.05, 0.1) is 20.8 Å². The predicted molar refractivity (Wildman–Crippen MR) is 140 cm³/mol. The first-order chi connectivity index (χ1) is 16.7. The van der Waals surface area contributed by atoms with Crippen LogP contribution in [-0.2, 0) is 21.4 Å². The number of β-lactam (4-membered cyclic amide) rings is 1. The van der Waals surface area contributed by atoms with Crippen molar-refractivity contribution >= 4 is 87.9 Å². The zero-order valence-corrected chi connectivity index (χ0v) is 22.9. The maximum absolute atomic E-state index is 12.8. The average molecular weight is 592 g/mol. The summed E-state index contributed by atoms with van der Waals surface area (Å²) in [5, 5.41) is 13.1. The molecule has 13 heteroatoms. The predicted octanol–water partition coefficient (Wildman–Crippen LogP) is 4.09. The standard InChI is InChI=1S/C22H18Cl3N3O4S3/c1-27-4-2-12(3-5-27)33-8-11-9-35-21-18(20(30)28(21)19(11)22(31)32)26-17(29)10-34-16-7-14(24)13(23)6-15(16)25/h2-7,18,21H,8-10H2,1H3,(H-,26,29,31,32)/p+1/t18-,21+/m0/s1. The van der Waals surface area contributed by atoms with E-state index in [1.807, 2.05) is 36.1 Å². The molecule has 35 heavy (non-hydrogen) atoms. The van der Waals surface area contributed by atoms with Gasteiger partial charge in [-0.1, -0.05) is 34.8 Å². The number of aryl methyl sites for hydroxylation is 1. The third-order valence-corrected chi connectivity index (χ3v) is 9.90. The van der Waals surface area contributed by atoms with Crippen LogP contribution in [0.15, 0.2) is 57.7 Å². The fourth-order valence-corrected chi connectivity index (χ4v) is 7.43. The number of carboxylic acid groups (broad SMARTS) is 1. The fraction of sp³-hybridized carbons (Fsp3) is 0.273. The molecule has 1 aromatic heterocycles. The summed E-state index contributed by atoms with van der Waals surface area (Å²) in [5.41, 5.74) is 0.690. The molecule has 4 rings (SSSR count). The van der Waals surface area contributed by atoms with Gasteiger partial charge in [0.1, 0.15) is 24.2 Å². The molecule has 0 unspecified atom stereocenters. The van der Waals surface area contributed by atoms with E-state index < -0.39 is 23.3 Å². The van der Waals surface area contributed by atoms with Crippen LogP contribution in [0.3, 0.4) is 0 Å². The molecular weight excluding hydrogens is 573 g/mol. The first-order valence-corrected chi connectivity index (χ1v) is 14.4. The summed E-state index contributed by atoms with van der Waals surface area (Å²) in [6, 6.07) is 6.21. The number of amides is 2. The van der Waals surface area contributed by atoms with Gasteiger partial charge in [-0.15, -0.1) is 35.3 Å². The van der Waals surface area contributed by atoms with Crippen LogP contribution in [0.5, 0.6) is 0 Å². The number of hydrogen-bond acceptors (Lipinski definition) is 6. The number of rotatable bonds is 8. The van der Waals surface area contributed by atoms with Crippen LogP contribution in [-0.4, -0.2) is 56.5 Å². The number of hydrogen-bond donors (Lipinski definition) is 2. The quantitative estimate of drug-likeness (QED) is 0.207. The zero-order chi connectivity index (χ0) is 25.3. The lowest BCUT2D eigenvalue weighted by Crippen LogP contribution is -2.70. The van der Waals surface area contributed by atoms with E-state index in [-0.39, 0.29) is 17.4 Å². The summed E-state index contributed by atoms with van der Waals surface area (Å²) in [6.07, 6.45) is 3.83. The van der Waals surface area contributed by atoms with Crippen LogP contribution in [0.1, 0.15) is 0 Å². The van der Waals surface area contributed by atoms with Crippen LogP contribution >= 0.6 is 70.1 Å². The molecule has 0 radical (unpaired) electrons. The molecule has 1 fully saturated rings. The van der Waals surface area contributed by atoms with Crippen molar-refractivity contribution in [2.45, 2.75) is 21.2 Å². The molecule has 1 aromatic carbocycles. The number of aromatic nitrogens is 1. The molecule has 7 nitrogen and oxygen atoms in total. The van der Waals surface area contributed by atoms with E-state index in [4.69, 9.17) is 34.8 Å². The van der Waals surface area contributed by atoms with Gasteiger partial charge >= 0.3 is 5.97 Å². The lowest BCUT2D eigenvalue weighted by molar-refractivity contribution is -0.671. The van der Waals surface area contributed by atoms with Crippen molar-refractivity contribution in [3.63, 3.8) is 0 Å². The summed E-state index contributed by atoms with van der Waals surface area (Å²) in [6.45, 7) is 0. The lowest BCUT2D eigenvalue weighted by Gasteiger charge is -2.49. The number of aliphatic carboxylic acids is 1. The summed E-state index contributed by atoms with van der Waals surface area (Å²) >= 11 is 22.2. The first kappa shape index (κ1) is 26.5. The van der Waals surface area contributed by atoms with E-state index >= 15 is 0 Å². The van der Waals surface area contributed by atoms with E-state index in [1.54, 1.807) is 6.07 Å². The second-order valence-corrected chi connectivity index (χ2v) is 12.1. The number of carbonyl (C=O) groups excluding carboxylic acids is 2. The number of fused-ring (bicyclic) bond motifs is 1. The number of thioether (sulfide) groups is 3. The fourth-order valence-electron chi connectivity index (χ4n) is 3.52. The van der Waals surface area contributed by atoms with E-state index in [2.05, 4.69) is 5.32 Å². The molecule has 1 saturated heterocycles. The summed E-state index contributed by atoms with van der Waals surface area (Å²) in [5.74, 6) is -1.01. The summed E-state index contributed by atoms with van der Waals surface area (Å²) < 4.78 is 1.91. The molecule has 0 aliphatic carbocycles. The van der Waals surface area contributed by atoms with Crippen molar-refractivity contribution in [3.8, 4) is 0 Å². The average Bonchev–Trinajstić information content (AvgIpc) is 2.82. The Morgan fingerprint density at radius 2 is 1.86 bits per heavy atom. The van der Waals surface area contributed by atoms with Crippen molar-refractivity contribution in [1.29, 1.82) is 0 Å². The van der Waals surface area contributed by atoms with E-state index in [0.29, 0.717) is 37.0 Å². The maximum atomic E-state index is 12.8. The number of carboxylic acids is 1. The maximum Gasteiger partial charge on any atom is 0.352 e. The molecule has 2 N–H and O–H groups in total. The Labute approximate surface area is 229 Å². The minimum absolute atomic E-state index is 0.00944. The van der Waals surface area contributed by atoms with Crippen molar-refractivity contribution in [2.75, 3.05) is 17.3 Å². The van der Waals surface area contributed by atoms with Gasteiger partial charge in [-0.2, -0.15) is 0 Å². The molecule has 0 spiro atoms. The minimum atomic E-state index is -1.15. The minimum Gasteiger partial charge on any atom is -0.477 e. The van der Waals surface area contributed by atoms with E-state index in [1.165, 1.54) is 46.3 Å². The number of nitrogens with zero attached hydrogens (tertiary/aromatic N) is 2. The highest BCUT2D eigenvalue weighted by Gasteiger charge is 2.54. The van der Waals surface area contributed by atoms with Gasteiger partial charge in [-0.25, -0.2) is 9.36 Å². The van der Waals surface area contributed by atoms with Gasteiger partial charge in [0, 0.05) is 33.4 Å². The van der Waals surface area contributed by atoms with Gasteiger partial charge in [0.15, 0.2) is 12.4 Å². The van der Waals surface area contributed by atoms with Crippen LogP contribution < -0.4 is 9.88 Å². The van der Waals surface area contributed by atoms with Gasteiger partial charge < -0.3 is 10.4 Å². The molecule has 0 bridgehead atoms. The number of halogens is 3. The van der Waals surface area contributed by atoms with Gasteiger partial charge in [0.2, 0.25) is 5.91 Å². The molecule has 0 saturated carbocycles. The molecule has 2 amide bonds. The Hall–Kier alpha value is -1.56. The molecule has 2 aliphatic heterocycles. The number of carbonyl (C=O) groups is 3. The topological polar surface area (TPSA) is 90.6 Å². The van der Waals surface area contributed by atoms with Crippen molar-refractivity contribution in [3.05, 3.63) is 63.0 Å². The second kappa shape index (κ2) is 11.2. The molecule has 184 valence electrons. The lowest BCUT2D eigenvalue weighted by atomic mass is 10.0. The van der Waals surface area contributed by atoms with Gasteiger partial charge in [0.25, 0.3) is 5.91 Å². The van der Waals surface area contributed by atoms with Gasteiger partial charge in [-0.3, -0.25) is 14.5 Å². The van der Waals surface area contributed by atoms with Crippen molar-refractivity contribution < 1.29 is 24.1 Å². The van der Waals surface area contributed by atoms with Gasteiger partial charge in [-0.05, 0) is 17.7 Å². The number of nitrogens with one attached hydrogen (secondary N) is 1. The molecular formula is C22H19Cl3N3O4S3+. The highest BCUT2D eigenvalue weighted by Crippen LogP contribution is 2.42. The Balaban J connectivity index is 1.38. The number of benzene rings is 1. The molecule has 3 heterocycles. The second-order valence-electron chi connectivity index (χ2n) is 7.69. The Kier molecular flexibility index (Phi) is 8.50. The number of pyridine rings is 1. The molecule has 2 aliphatic rings. The highest BCUT2D eigenvalue weighted by molar-refractivity contribution is 8.01. The monoisotopic (exact) mass is 590 g/mol. The third-order valence-electron chi connectivity index (χ3n) is 5.26. The van der Waals surface area contributed by atoms with Crippen LogP contribution in [0, 0.1) is 0 Å². The first-order valence-electron chi connectivity index (χ1n) is 10.2. The Morgan fingerprint density at radius 1 is 1.17 bits per heavy atom. The zero-order valence-electron chi connectivity index (χ0n) is 18.2. The SMILES string of the molecule is C[n+]1ccc(SCC2=C(C(=O)O)N3C(=O)[C@H](NC(=O)CSc4cc(Cl)c(Cl)cc4Cl)[C@H]3SC2)cc1. The van der Waals surface area contributed by atoms with Crippen LogP contribution in [0.4, 0.5) is 0 Å². The summed E-state index contributed by atoms with van der Waals surface area (Å²) in [4.78, 5) is 40.3.